The Bertz CT molecular complexity index is 1350. The fourth-order valence-corrected chi connectivity index (χ4v) is 4.47. The molecule has 0 atom stereocenters. The maximum Gasteiger partial charge on any atom is 0.377 e. The molecular formula is C25H28FN5O6. The summed E-state index contributed by atoms with van der Waals surface area (Å²) in [5, 5.41) is 17.1. The van der Waals surface area contributed by atoms with Gasteiger partial charge in [0.15, 0.2) is 5.82 Å². The lowest BCUT2D eigenvalue weighted by Crippen LogP contribution is -2.47. The van der Waals surface area contributed by atoms with Crippen LogP contribution < -0.4 is 15.3 Å². The van der Waals surface area contributed by atoms with E-state index in [1.165, 1.54) is 30.2 Å². The highest BCUT2D eigenvalue weighted by Gasteiger charge is 2.32. The average Bonchev–Trinajstić information content (AvgIpc) is 3.26. The summed E-state index contributed by atoms with van der Waals surface area (Å²) in [5.74, 6) is -1.88. The Morgan fingerprint density at radius 2 is 1.89 bits per heavy atom. The highest BCUT2D eigenvalue weighted by molar-refractivity contribution is 5.96. The molecule has 0 unspecified atom stereocenters. The molecule has 1 aliphatic rings. The minimum absolute atomic E-state index is 0.0346. The standard InChI is InChI=1S/C25H28FN5O6/c1-16-11-12-18(15-19(16)23(32)33)29(17-7-4-3-5-8-17)24(34)31-25(35)30(27-28-31)22-20(26)9-6-10-21(22)37-14-13-36-2/h6,9-12,15,17H,3-5,7-8,13-14H2,1-2H3,(H,32,33). The molecule has 1 heterocycles. The molecule has 37 heavy (non-hydrogen) atoms. The minimum Gasteiger partial charge on any atom is -0.489 e. The van der Waals surface area contributed by atoms with Gasteiger partial charge in [0.25, 0.3) is 0 Å². The SMILES string of the molecule is COCCOc1cccc(F)c1-n1nnn(C(=O)N(c2ccc(C)c(C(=O)O)c2)C2CCCCC2)c1=O. The first kappa shape index (κ1) is 26.0. The van der Waals surface area contributed by atoms with E-state index >= 15 is 0 Å². The monoisotopic (exact) mass is 513 g/mol. The molecule has 0 radical (unpaired) electrons. The molecule has 12 heteroatoms. The number of aryl methyl sites for hydroxylation is 1. The Hall–Kier alpha value is -4.06. The number of aromatic nitrogens is 4. The smallest absolute Gasteiger partial charge is 0.377 e. The summed E-state index contributed by atoms with van der Waals surface area (Å²) in [6.45, 7) is 2.00. The molecule has 1 aromatic heterocycles. The molecule has 11 nitrogen and oxygen atoms in total. The lowest BCUT2D eigenvalue weighted by molar-refractivity contribution is 0.0696. The number of carboxylic acids is 1. The Labute approximate surface area is 212 Å². The number of amides is 1. The number of ether oxygens (including phenoxy) is 2. The summed E-state index contributed by atoms with van der Waals surface area (Å²) in [5.41, 5.74) is -0.355. The number of carbonyl (C=O) groups excluding carboxylic acids is 1. The van der Waals surface area contributed by atoms with Crippen LogP contribution in [0.5, 0.6) is 5.75 Å². The number of benzene rings is 2. The topological polar surface area (TPSA) is 129 Å². The van der Waals surface area contributed by atoms with Gasteiger partial charge in [-0.2, -0.15) is 4.68 Å². The summed E-state index contributed by atoms with van der Waals surface area (Å²) >= 11 is 0. The average molecular weight is 514 g/mol. The van der Waals surface area contributed by atoms with Gasteiger partial charge in [-0.25, -0.2) is 18.8 Å². The van der Waals surface area contributed by atoms with Gasteiger partial charge < -0.3 is 14.6 Å². The normalized spacial score (nSPS) is 13.9. The number of halogens is 1. The number of tetrazole rings is 1. The van der Waals surface area contributed by atoms with E-state index in [1.807, 2.05) is 0 Å². The van der Waals surface area contributed by atoms with Gasteiger partial charge >= 0.3 is 17.7 Å². The maximum absolute atomic E-state index is 14.8. The number of para-hydroxylation sites is 1. The first-order valence-corrected chi connectivity index (χ1v) is 12.0. The summed E-state index contributed by atoms with van der Waals surface area (Å²) < 4.78 is 26.5. The van der Waals surface area contributed by atoms with Crippen molar-refractivity contribution >= 4 is 17.7 Å². The predicted molar refractivity (Wildman–Crippen MR) is 131 cm³/mol. The fourth-order valence-electron chi connectivity index (χ4n) is 4.47. The third-order valence-electron chi connectivity index (χ3n) is 6.34. The van der Waals surface area contributed by atoms with E-state index in [1.54, 1.807) is 19.1 Å². The molecule has 1 fully saturated rings. The molecule has 4 rings (SSSR count). The molecular weight excluding hydrogens is 485 g/mol. The van der Waals surface area contributed by atoms with Crippen molar-refractivity contribution in [3.8, 4) is 11.4 Å². The van der Waals surface area contributed by atoms with Crippen LogP contribution in [0.15, 0.2) is 41.2 Å². The van der Waals surface area contributed by atoms with Crippen LogP contribution in [0.3, 0.4) is 0 Å². The van der Waals surface area contributed by atoms with E-state index in [9.17, 15) is 23.9 Å². The van der Waals surface area contributed by atoms with Gasteiger partial charge in [0.05, 0.1) is 12.2 Å². The summed E-state index contributed by atoms with van der Waals surface area (Å²) in [7, 11) is 1.49. The Kier molecular flexibility index (Phi) is 7.97. The highest BCUT2D eigenvalue weighted by Crippen LogP contribution is 2.30. The van der Waals surface area contributed by atoms with E-state index < -0.39 is 23.5 Å². The van der Waals surface area contributed by atoms with Crippen LogP contribution in [0.1, 0.15) is 48.0 Å². The first-order chi connectivity index (χ1) is 17.8. The number of aromatic carboxylic acids is 1. The Morgan fingerprint density at radius 3 is 2.59 bits per heavy atom. The number of anilines is 1. The van der Waals surface area contributed by atoms with Gasteiger partial charge in [0, 0.05) is 18.8 Å². The van der Waals surface area contributed by atoms with Gasteiger partial charge in [-0.05, 0) is 60.0 Å². The van der Waals surface area contributed by atoms with Crippen LogP contribution in [0.4, 0.5) is 14.9 Å². The molecule has 0 spiro atoms. The zero-order valence-electron chi connectivity index (χ0n) is 20.6. The Morgan fingerprint density at radius 1 is 1.14 bits per heavy atom. The summed E-state index contributed by atoms with van der Waals surface area (Å²) in [4.78, 5) is 40.2. The van der Waals surface area contributed by atoms with E-state index in [0.29, 0.717) is 33.5 Å². The van der Waals surface area contributed by atoms with Crippen molar-refractivity contribution in [1.82, 2.24) is 19.8 Å². The van der Waals surface area contributed by atoms with Crippen LogP contribution in [-0.2, 0) is 4.74 Å². The van der Waals surface area contributed by atoms with Crippen molar-refractivity contribution in [2.45, 2.75) is 45.1 Å². The predicted octanol–water partition coefficient (Wildman–Crippen LogP) is 3.41. The molecule has 1 amide bonds. The highest BCUT2D eigenvalue weighted by atomic mass is 19.1. The van der Waals surface area contributed by atoms with Crippen LogP contribution >= 0.6 is 0 Å². The number of rotatable bonds is 8. The number of hydrogen-bond acceptors (Lipinski definition) is 7. The van der Waals surface area contributed by atoms with E-state index in [-0.39, 0.29) is 36.3 Å². The molecule has 0 aliphatic heterocycles. The number of hydrogen-bond donors (Lipinski definition) is 1. The van der Waals surface area contributed by atoms with E-state index in [2.05, 4.69) is 10.4 Å². The van der Waals surface area contributed by atoms with E-state index in [0.717, 1.165) is 25.3 Å². The van der Waals surface area contributed by atoms with Gasteiger partial charge in [0.1, 0.15) is 18.0 Å². The molecule has 0 saturated heterocycles. The van der Waals surface area contributed by atoms with Crippen molar-refractivity contribution < 1.29 is 28.6 Å². The quantitative estimate of drug-likeness (QED) is 0.358. The maximum atomic E-state index is 14.8. The molecule has 0 bridgehead atoms. The molecule has 2 aromatic carbocycles. The summed E-state index contributed by atoms with van der Waals surface area (Å²) in [6, 6.07) is 7.62. The van der Waals surface area contributed by atoms with Gasteiger partial charge in [0.2, 0.25) is 0 Å². The second-order valence-corrected chi connectivity index (χ2v) is 8.76. The van der Waals surface area contributed by atoms with Gasteiger partial charge in [-0.3, -0.25) is 4.90 Å². The molecule has 3 aromatic rings. The third kappa shape index (κ3) is 5.38. The van der Waals surface area contributed by atoms with Crippen molar-refractivity contribution in [3.63, 3.8) is 0 Å². The molecule has 1 saturated carbocycles. The second kappa shape index (κ2) is 11.3. The molecule has 1 aliphatic carbocycles. The van der Waals surface area contributed by atoms with Crippen molar-refractivity contribution in [2.24, 2.45) is 0 Å². The second-order valence-electron chi connectivity index (χ2n) is 8.76. The number of nitrogens with zero attached hydrogens (tertiary/aromatic N) is 5. The van der Waals surface area contributed by atoms with Crippen molar-refractivity contribution in [3.05, 3.63) is 63.8 Å². The fraction of sp³-hybridized carbons (Fsp3) is 0.400. The number of carbonyl (C=O) groups is 2. The zero-order chi connectivity index (χ0) is 26.5. The zero-order valence-corrected chi connectivity index (χ0v) is 20.6. The van der Waals surface area contributed by atoms with Gasteiger partial charge in [-0.15, -0.1) is 4.68 Å². The van der Waals surface area contributed by atoms with Crippen LogP contribution in [0, 0.1) is 12.7 Å². The van der Waals surface area contributed by atoms with Crippen LogP contribution in [0.25, 0.3) is 5.69 Å². The Balaban J connectivity index is 1.76. The largest absolute Gasteiger partial charge is 0.489 e. The third-order valence-corrected chi connectivity index (χ3v) is 6.34. The van der Waals surface area contributed by atoms with E-state index in [4.69, 9.17) is 9.47 Å². The molecule has 196 valence electrons. The summed E-state index contributed by atoms with van der Waals surface area (Å²) in [6.07, 6.45) is 4.13. The number of carboxylic acid groups (broad SMARTS) is 1. The lowest BCUT2D eigenvalue weighted by atomic mass is 9.93. The van der Waals surface area contributed by atoms with Crippen molar-refractivity contribution in [2.75, 3.05) is 25.2 Å². The van der Waals surface area contributed by atoms with Crippen LogP contribution in [-0.4, -0.2) is 63.3 Å². The molecule has 1 N–H and O–H groups in total. The lowest BCUT2D eigenvalue weighted by Gasteiger charge is -2.33. The van der Waals surface area contributed by atoms with Gasteiger partial charge in [-0.1, -0.05) is 31.4 Å². The minimum atomic E-state index is -1.13. The first-order valence-electron chi connectivity index (χ1n) is 12.0. The van der Waals surface area contributed by atoms with Crippen molar-refractivity contribution in [1.29, 1.82) is 0 Å². The number of methoxy groups -OCH3 is 1. The van der Waals surface area contributed by atoms with Crippen LogP contribution in [0.2, 0.25) is 0 Å².